The molecule has 2 rings (SSSR count). The lowest BCUT2D eigenvalue weighted by atomic mass is 10.0. The van der Waals surface area contributed by atoms with E-state index in [1.54, 1.807) is 6.92 Å². The van der Waals surface area contributed by atoms with Crippen molar-refractivity contribution in [2.24, 2.45) is 11.3 Å². The van der Waals surface area contributed by atoms with Crippen molar-refractivity contribution in [2.75, 3.05) is 13.6 Å². The number of rotatable bonds is 5. The summed E-state index contributed by atoms with van der Waals surface area (Å²) >= 11 is 0. The Morgan fingerprint density at radius 2 is 2.00 bits per heavy atom. The molecule has 0 spiro atoms. The summed E-state index contributed by atoms with van der Waals surface area (Å²) in [5, 5.41) is 7.89. The first-order valence-corrected chi connectivity index (χ1v) is 6.33. The molecule has 0 aromatic carbocycles. The molecule has 0 aromatic rings. The van der Waals surface area contributed by atoms with Gasteiger partial charge >= 0.3 is 6.03 Å². The van der Waals surface area contributed by atoms with Gasteiger partial charge in [0.2, 0.25) is 5.91 Å². The van der Waals surface area contributed by atoms with Crippen molar-refractivity contribution < 1.29 is 9.59 Å². The highest BCUT2D eigenvalue weighted by Crippen LogP contribution is 2.60. The van der Waals surface area contributed by atoms with Crippen molar-refractivity contribution in [3.8, 4) is 0 Å². The van der Waals surface area contributed by atoms with Crippen LogP contribution in [0.5, 0.6) is 0 Å². The van der Waals surface area contributed by atoms with Crippen LogP contribution in [-0.2, 0) is 4.79 Å². The average Bonchev–Trinajstić information content (AvgIpc) is 3.16. The van der Waals surface area contributed by atoms with Crippen molar-refractivity contribution in [3.05, 3.63) is 0 Å². The van der Waals surface area contributed by atoms with E-state index in [0.29, 0.717) is 5.41 Å². The second-order valence-electron chi connectivity index (χ2n) is 5.31. The maximum atomic E-state index is 11.6. The fourth-order valence-electron chi connectivity index (χ4n) is 2.32. The van der Waals surface area contributed by atoms with Gasteiger partial charge in [0.25, 0.3) is 0 Å². The molecular formula is C12H21N3O2. The van der Waals surface area contributed by atoms with E-state index in [1.165, 1.54) is 32.7 Å². The van der Waals surface area contributed by atoms with Gasteiger partial charge in [0, 0.05) is 13.6 Å². The number of carbonyl (C=O) groups is 2. The largest absolute Gasteiger partial charge is 0.341 e. The Labute approximate surface area is 102 Å². The molecule has 2 saturated carbocycles. The molecule has 0 aliphatic heterocycles. The molecule has 0 heterocycles. The van der Waals surface area contributed by atoms with Crippen LogP contribution in [0.25, 0.3) is 0 Å². The Bertz CT molecular complexity index is 322. The van der Waals surface area contributed by atoms with Crippen LogP contribution in [0.3, 0.4) is 0 Å². The van der Waals surface area contributed by atoms with Crippen LogP contribution >= 0.6 is 0 Å². The van der Waals surface area contributed by atoms with Gasteiger partial charge in [-0.3, -0.25) is 10.1 Å². The van der Waals surface area contributed by atoms with E-state index in [1.807, 2.05) is 0 Å². The van der Waals surface area contributed by atoms with Crippen molar-refractivity contribution in [1.82, 2.24) is 16.0 Å². The first-order valence-electron chi connectivity index (χ1n) is 6.33. The van der Waals surface area contributed by atoms with E-state index >= 15 is 0 Å². The summed E-state index contributed by atoms with van der Waals surface area (Å²) in [5.41, 5.74) is 0.474. The molecule has 1 atom stereocenters. The summed E-state index contributed by atoms with van der Waals surface area (Å²) in [6.07, 6.45) is 5.27. The lowest BCUT2D eigenvalue weighted by Crippen LogP contribution is -2.48. The third-order valence-corrected chi connectivity index (χ3v) is 3.95. The Hall–Kier alpha value is -1.10. The van der Waals surface area contributed by atoms with Crippen molar-refractivity contribution in [2.45, 2.75) is 38.6 Å². The average molecular weight is 239 g/mol. The molecule has 5 nitrogen and oxygen atoms in total. The molecule has 1 unspecified atom stereocenters. The Morgan fingerprint density at radius 1 is 1.35 bits per heavy atom. The Balaban J connectivity index is 1.71. The number of hydrogen-bond donors (Lipinski definition) is 3. The number of hydrogen-bond acceptors (Lipinski definition) is 3. The van der Waals surface area contributed by atoms with Gasteiger partial charge in [-0.15, -0.1) is 0 Å². The van der Waals surface area contributed by atoms with E-state index in [2.05, 4.69) is 16.0 Å². The summed E-state index contributed by atoms with van der Waals surface area (Å²) in [6.45, 7) is 2.70. The van der Waals surface area contributed by atoms with E-state index in [9.17, 15) is 9.59 Å². The highest BCUT2D eigenvalue weighted by molar-refractivity contribution is 5.96. The maximum Gasteiger partial charge on any atom is 0.321 e. The summed E-state index contributed by atoms with van der Waals surface area (Å²) in [6, 6.07) is -0.768. The molecule has 2 aliphatic rings. The van der Waals surface area contributed by atoms with E-state index in [4.69, 9.17) is 0 Å². The van der Waals surface area contributed by atoms with E-state index in [-0.39, 0.29) is 11.9 Å². The van der Waals surface area contributed by atoms with Crippen LogP contribution in [0, 0.1) is 11.3 Å². The van der Waals surface area contributed by atoms with Gasteiger partial charge in [-0.2, -0.15) is 0 Å². The number of nitrogens with one attached hydrogen (secondary N) is 3. The number of urea groups is 1. The first-order chi connectivity index (χ1) is 8.07. The van der Waals surface area contributed by atoms with Crippen LogP contribution in [0.2, 0.25) is 0 Å². The quantitative estimate of drug-likeness (QED) is 0.658. The zero-order chi connectivity index (χ0) is 12.5. The fourth-order valence-corrected chi connectivity index (χ4v) is 2.32. The van der Waals surface area contributed by atoms with Crippen LogP contribution in [0.1, 0.15) is 32.6 Å². The van der Waals surface area contributed by atoms with E-state index in [0.717, 1.165) is 12.5 Å². The Kier molecular flexibility index (Phi) is 3.38. The molecule has 0 aromatic heterocycles. The standard InChI is InChI=1S/C12H21N3O2/c1-8(10(16)15-11(17)13-2)14-7-12(5-6-12)9-3-4-9/h8-9,14H,3-7H2,1-2H3,(H2,13,15,16,17). The van der Waals surface area contributed by atoms with Crippen molar-refractivity contribution in [1.29, 1.82) is 0 Å². The molecule has 3 amide bonds. The highest BCUT2D eigenvalue weighted by Gasteiger charge is 2.53. The van der Waals surface area contributed by atoms with Gasteiger partial charge in [-0.1, -0.05) is 0 Å². The monoisotopic (exact) mass is 239 g/mol. The predicted octanol–water partition coefficient (Wildman–Crippen LogP) is 0.610. The van der Waals surface area contributed by atoms with Crippen LogP contribution in [0.15, 0.2) is 0 Å². The fraction of sp³-hybridized carbons (Fsp3) is 0.833. The van der Waals surface area contributed by atoms with Gasteiger partial charge in [-0.25, -0.2) is 4.79 Å². The molecule has 3 N–H and O–H groups in total. The van der Waals surface area contributed by atoms with Gasteiger partial charge in [0.1, 0.15) is 0 Å². The number of carbonyl (C=O) groups excluding carboxylic acids is 2. The van der Waals surface area contributed by atoms with Crippen LogP contribution in [-0.4, -0.2) is 31.6 Å². The molecule has 0 saturated heterocycles. The molecule has 0 bridgehead atoms. The first kappa shape index (κ1) is 12.4. The molecule has 2 aliphatic carbocycles. The summed E-state index contributed by atoms with van der Waals surface area (Å²) in [5.74, 6) is 0.611. The van der Waals surface area contributed by atoms with Gasteiger partial charge in [0.05, 0.1) is 6.04 Å². The molecule has 96 valence electrons. The Morgan fingerprint density at radius 3 is 2.47 bits per heavy atom. The van der Waals surface area contributed by atoms with Gasteiger partial charge in [0.15, 0.2) is 0 Å². The third kappa shape index (κ3) is 2.97. The summed E-state index contributed by atoms with van der Waals surface area (Å²) in [7, 11) is 1.49. The number of imide groups is 1. The zero-order valence-corrected chi connectivity index (χ0v) is 10.5. The second kappa shape index (κ2) is 4.64. The maximum absolute atomic E-state index is 11.6. The SMILES string of the molecule is CNC(=O)NC(=O)C(C)NCC1(C2CC2)CC1. The van der Waals surface area contributed by atoms with Gasteiger partial charge in [-0.05, 0) is 43.9 Å². The van der Waals surface area contributed by atoms with Gasteiger partial charge < -0.3 is 10.6 Å². The molecule has 2 fully saturated rings. The topological polar surface area (TPSA) is 70.2 Å². The predicted molar refractivity (Wildman–Crippen MR) is 64.5 cm³/mol. The normalized spacial score (nSPS) is 22.7. The highest BCUT2D eigenvalue weighted by atomic mass is 16.2. The smallest absolute Gasteiger partial charge is 0.321 e. The minimum atomic E-state index is -0.452. The lowest BCUT2D eigenvalue weighted by Gasteiger charge is -2.19. The second-order valence-corrected chi connectivity index (χ2v) is 5.31. The zero-order valence-electron chi connectivity index (χ0n) is 10.5. The molecule has 0 radical (unpaired) electrons. The minimum Gasteiger partial charge on any atom is -0.341 e. The van der Waals surface area contributed by atoms with Crippen molar-refractivity contribution in [3.63, 3.8) is 0 Å². The molecular weight excluding hydrogens is 218 g/mol. The van der Waals surface area contributed by atoms with Crippen LogP contribution < -0.4 is 16.0 Å². The molecule has 17 heavy (non-hydrogen) atoms. The lowest BCUT2D eigenvalue weighted by molar-refractivity contribution is -0.121. The van der Waals surface area contributed by atoms with Crippen LogP contribution in [0.4, 0.5) is 4.79 Å². The van der Waals surface area contributed by atoms with Crippen molar-refractivity contribution >= 4 is 11.9 Å². The molecule has 5 heteroatoms. The van der Waals surface area contributed by atoms with E-state index < -0.39 is 6.03 Å². The summed E-state index contributed by atoms with van der Waals surface area (Å²) < 4.78 is 0. The number of amides is 3. The minimum absolute atomic E-state index is 0.268. The third-order valence-electron chi connectivity index (χ3n) is 3.95. The summed E-state index contributed by atoms with van der Waals surface area (Å²) in [4.78, 5) is 22.6.